The highest BCUT2D eigenvalue weighted by molar-refractivity contribution is 5.77. The number of rotatable bonds is 6. The van der Waals surface area contributed by atoms with Crippen LogP contribution >= 0.6 is 0 Å². The van der Waals surface area contributed by atoms with Crippen LogP contribution in [0.1, 0.15) is 64.7 Å². The number of aliphatic carboxylic acids is 1. The molecule has 3 heteroatoms. The molecule has 0 spiro atoms. The minimum Gasteiger partial charge on any atom is -0.479 e. The smallest absolute Gasteiger partial charge is 0.335 e. The van der Waals surface area contributed by atoms with Gasteiger partial charge in [-0.15, -0.1) is 0 Å². The van der Waals surface area contributed by atoms with Gasteiger partial charge in [0.05, 0.1) is 0 Å². The van der Waals surface area contributed by atoms with E-state index in [9.17, 15) is 9.90 Å². The lowest BCUT2D eigenvalue weighted by Gasteiger charge is -2.28. The minimum atomic E-state index is -0.871. The van der Waals surface area contributed by atoms with Gasteiger partial charge in [-0.05, 0) is 32.1 Å². The van der Waals surface area contributed by atoms with Crippen molar-refractivity contribution < 1.29 is 14.6 Å². The minimum absolute atomic E-state index is 0.597. The number of ether oxygens (including phenoxy) is 1. The zero-order valence-corrected chi connectivity index (χ0v) is 10.3. The van der Waals surface area contributed by atoms with E-state index in [0.29, 0.717) is 19.4 Å². The Morgan fingerprint density at radius 1 is 1.19 bits per heavy atom. The fourth-order valence-corrected chi connectivity index (χ4v) is 2.34. The molecule has 0 aromatic rings. The molecule has 1 aliphatic carbocycles. The van der Waals surface area contributed by atoms with Gasteiger partial charge in [0.2, 0.25) is 0 Å². The molecule has 0 atom stereocenters. The van der Waals surface area contributed by atoms with Crippen molar-refractivity contribution in [3.63, 3.8) is 0 Å². The van der Waals surface area contributed by atoms with Crippen molar-refractivity contribution in [3.05, 3.63) is 0 Å². The second kappa shape index (κ2) is 6.89. The highest BCUT2D eigenvalue weighted by atomic mass is 16.5. The number of unbranched alkanes of at least 4 members (excludes halogenated alkanes) is 2. The molecule has 0 saturated heterocycles. The van der Waals surface area contributed by atoms with Crippen LogP contribution < -0.4 is 0 Å². The summed E-state index contributed by atoms with van der Waals surface area (Å²) < 4.78 is 5.71. The molecule has 0 radical (unpaired) electrons. The average molecular weight is 228 g/mol. The maximum atomic E-state index is 11.4. The molecule has 1 fully saturated rings. The summed E-state index contributed by atoms with van der Waals surface area (Å²) >= 11 is 0. The van der Waals surface area contributed by atoms with Crippen LogP contribution in [0.15, 0.2) is 0 Å². The van der Waals surface area contributed by atoms with E-state index in [4.69, 9.17) is 4.74 Å². The molecule has 0 heterocycles. The molecule has 0 unspecified atom stereocenters. The number of hydrogen-bond acceptors (Lipinski definition) is 2. The summed E-state index contributed by atoms with van der Waals surface area (Å²) in [7, 11) is 0. The molecule has 94 valence electrons. The predicted octanol–water partition coefficient (Wildman–Crippen LogP) is 3.37. The first-order valence-corrected chi connectivity index (χ1v) is 6.58. The molecule has 0 bridgehead atoms. The maximum Gasteiger partial charge on any atom is 0.335 e. The van der Waals surface area contributed by atoms with Crippen LogP contribution in [0, 0.1) is 0 Å². The Kier molecular flexibility index (Phi) is 5.81. The monoisotopic (exact) mass is 228 g/mol. The van der Waals surface area contributed by atoms with Gasteiger partial charge in [0.25, 0.3) is 0 Å². The third-order valence-electron chi connectivity index (χ3n) is 3.43. The summed E-state index contributed by atoms with van der Waals surface area (Å²) in [5.41, 5.74) is -0.871. The molecular weight excluding hydrogens is 204 g/mol. The third-order valence-corrected chi connectivity index (χ3v) is 3.43. The Morgan fingerprint density at radius 3 is 2.31 bits per heavy atom. The van der Waals surface area contributed by atoms with Gasteiger partial charge >= 0.3 is 5.97 Å². The third kappa shape index (κ3) is 3.78. The number of hydrogen-bond donors (Lipinski definition) is 1. The summed E-state index contributed by atoms with van der Waals surface area (Å²) in [6.07, 6.45) is 8.88. The standard InChI is InChI=1S/C13H24O3/c1-2-3-8-11-16-13(12(14)15)9-6-4-5-7-10-13/h2-11H2,1H3,(H,14,15). The summed E-state index contributed by atoms with van der Waals surface area (Å²) in [5, 5.41) is 9.35. The van der Waals surface area contributed by atoms with Gasteiger partial charge in [-0.25, -0.2) is 4.79 Å². The van der Waals surface area contributed by atoms with Crippen LogP contribution in [0.4, 0.5) is 0 Å². The summed E-state index contributed by atoms with van der Waals surface area (Å²) in [4.78, 5) is 11.4. The SMILES string of the molecule is CCCCCOC1(C(=O)O)CCCCCC1. The van der Waals surface area contributed by atoms with Gasteiger partial charge in [0.1, 0.15) is 0 Å². The second-order valence-corrected chi connectivity index (χ2v) is 4.77. The molecule has 0 aliphatic heterocycles. The quantitative estimate of drug-likeness (QED) is 0.560. The molecule has 0 amide bonds. The lowest BCUT2D eigenvalue weighted by atomic mass is 9.94. The molecule has 1 saturated carbocycles. The van der Waals surface area contributed by atoms with E-state index in [0.717, 1.165) is 44.9 Å². The van der Waals surface area contributed by atoms with Gasteiger partial charge in [-0.1, -0.05) is 32.6 Å². The summed E-state index contributed by atoms with van der Waals surface area (Å²) in [6, 6.07) is 0. The van der Waals surface area contributed by atoms with Crippen LogP contribution in [-0.4, -0.2) is 23.3 Å². The molecule has 1 N–H and O–H groups in total. The fraction of sp³-hybridized carbons (Fsp3) is 0.923. The van der Waals surface area contributed by atoms with Crippen LogP contribution in [0.3, 0.4) is 0 Å². The molecule has 1 aliphatic rings. The molecule has 1 rings (SSSR count). The highest BCUT2D eigenvalue weighted by Gasteiger charge is 2.39. The first-order valence-electron chi connectivity index (χ1n) is 6.58. The Morgan fingerprint density at radius 2 is 1.81 bits per heavy atom. The van der Waals surface area contributed by atoms with E-state index in [-0.39, 0.29) is 0 Å². The predicted molar refractivity (Wildman–Crippen MR) is 63.5 cm³/mol. The summed E-state index contributed by atoms with van der Waals surface area (Å²) in [6.45, 7) is 2.73. The van der Waals surface area contributed by atoms with Crippen LogP contribution in [-0.2, 0) is 9.53 Å². The lowest BCUT2D eigenvalue weighted by molar-refractivity contribution is -0.168. The molecule has 16 heavy (non-hydrogen) atoms. The Bertz CT molecular complexity index is 205. The Labute approximate surface area is 98.2 Å². The number of carbonyl (C=O) groups is 1. The van der Waals surface area contributed by atoms with E-state index in [1.165, 1.54) is 0 Å². The van der Waals surface area contributed by atoms with Gasteiger partial charge in [-0.2, -0.15) is 0 Å². The van der Waals surface area contributed by atoms with Gasteiger partial charge < -0.3 is 9.84 Å². The zero-order valence-electron chi connectivity index (χ0n) is 10.3. The van der Waals surface area contributed by atoms with Gasteiger partial charge in [0, 0.05) is 6.61 Å². The highest BCUT2D eigenvalue weighted by Crippen LogP contribution is 2.31. The van der Waals surface area contributed by atoms with Crippen molar-refractivity contribution in [1.82, 2.24) is 0 Å². The van der Waals surface area contributed by atoms with Crippen LogP contribution in [0.5, 0.6) is 0 Å². The number of carboxylic acids is 1. The molecule has 0 aromatic carbocycles. The van der Waals surface area contributed by atoms with E-state index in [1.54, 1.807) is 0 Å². The van der Waals surface area contributed by atoms with Crippen molar-refractivity contribution in [1.29, 1.82) is 0 Å². The van der Waals surface area contributed by atoms with Crippen molar-refractivity contribution >= 4 is 5.97 Å². The Hall–Kier alpha value is -0.570. The first-order chi connectivity index (χ1) is 7.71. The molecule has 3 nitrogen and oxygen atoms in total. The van der Waals surface area contributed by atoms with E-state index >= 15 is 0 Å². The van der Waals surface area contributed by atoms with E-state index < -0.39 is 11.6 Å². The van der Waals surface area contributed by atoms with Crippen LogP contribution in [0.25, 0.3) is 0 Å². The van der Waals surface area contributed by atoms with Gasteiger partial charge in [0.15, 0.2) is 5.60 Å². The number of carboxylic acid groups (broad SMARTS) is 1. The van der Waals surface area contributed by atoms with E-state index in [2.05, 4.69) is 6.92 Å². The molecular formula is C13H24O3. The van der Waals surface area contributed by atoms with Crippen molar-refractivity contribution in [2.24, 2.45) is 0 Å². The largest absolute Gasteiger partial charge is 0.479 e. The average Bonchev–Trinajstić information content (AvgIpc) is 2.51. The van der Waals surface area contributed by atoms with Crippen molar-refractivity contribution in [2.45, 2.75) is 70.3 Å². The van der Waals surface area contributed by atoms with Crippen LogP contribution in [0.2, 0.25) is 0 Å². The summed E-state index contributed by atoms with van der Waals surface area (Å²) in [5.74, 6) is -0.758. The first kappa shape index (κ1) is 13.5. The lowest BCUT2D eigenvalue weighted by Crippen LogP contribution is -2.41. The fourth-order valence-electron chi connectivity index (χ4n) is 2.34. The maximum absolute atomic E-state index is 11.4. The second-order valence-electron chi connectivity index (χ2n) is 4.77. The molecule has 0 aromatic heterocycles. The topological polar surface area (TPSA) is 46.5 Å². The Balaban J connectivity index is 2.46. The van der Waals surface area contributed by atoms with Crippen molar-refractivity contribution in [3.8, 4) is 0 Å². The zero-order chi connectivity index (χ0) is 11.9. The van der Waals surface area contributed by atoms with E-state index in [1.807, 2.05) is 0 Å². The van der Waals surface area contributed by atoms with Crippen molar-refractivity contribution in [2.75, 3.05) is 6.61 Å². The van der Waals surface area contributed by atoms with Gasteiger partial charge in [-0.3, -0.25) is 0 Å². The normalized spacial score (nSPS) is 20.3.